The van der Waals surface area contributed by atoms with Crippen LogP contribution in [-0.2, 0) is 17.9 Å². The average Bonchev–Trinajstić information content (AvgIpc) is 2.15. The van der Waals surface area contributed by atoms with Crippen LogP contribution in [0.4, 0.5) is 0 Å². The summed E-state index contributed by atoms with van der Waals surface area (Å²) < 4.78 is 5.19. The second-order valence-corrected chi connectivity index (χ2v) is 2.34. The van der Waals surface area contributed by atoms with Crippen LogP contribution in [0, 0.1) is 0 Å². The molecular weight excluding hydrogens is 154 g/mol. The lowest BCUT2D eigenvalue weighted by atomic mass is 10.3. The number of nitrogens with two attached hydrogens (primary N) is 1. The minimum atomic E-state index is 0.446. The van der Waals surface area contributed by atoms with Gasteiger partial charge in [0.15, 0.2) is 0 Å². The molecule has 0 fully saturated rings. The first kappa shape index (κ1) is 9.09. The Morgan fingerprint density at radius 2 is 2.17 bits per heavy atom. The van der Waals surface area contributed by atoms with Crippen molar-refractivity contribution in [1.82, 2.24) is 9.97 Å². The van der Waals surface area contributed by atoms with Crippen molar-refractivity contribution in [3.63, 3.8) is 0 Å². The van der Waals surface area contributed by atoms with Crippen LogP contribution in [0.25, 0.3) is 0 Å². The van der Waals surface area contributed by atoms with E-state index in [9.17, 15) is 0 Å². The molecule has 0 amide bonds. The fourth-order valence-electron chi connectivity index (χ4n) is 0.841. The molecule has 0 bridgehead atoms. The van der Waals surface area contributed by atoms with Gasteiger partial charge in [0.1, 0.15) is 6.33 Å². The highest BCUT2D eigenvalue weighted by Crippen LogP contribution is 1.98. The largest absolute Gasteiger partial charge is 0.375 e. The highest BCUT2D eigenvalue weighted by molar-refractivity contribution is 5.06. The lowest BCUT2D eigenvalue weighted by Gasteiger charge is -2.01. The Kier molecular flexibility index (Phi) is 3.63. The van der Waals surface area contributed by atoms with Gasteiger partial charge in [-0.3, -0.25) is 0 Å². The molecule has 66 valence electrons. The Morgan fingerprint density at radius 1 is 1.42 bits per heavy atom. The summed E-state index contributed by atoms with van der Waals surface area (Å²) in [5.41, 5.74) is 7.14. The molecule has 0 atom stereocenters. The van der Waals surface area contributed by atoms with Gasteiger partial charge in [-0.05, 0) is 13.0 Å². The van der Waals surface area contributed by atoms with E-state index in [4.69, 9.17) is 10.5 Å². The van der Waals surface area contributed by atoms with E-state index in [0.29, 0.717) is 19.8 Å². The molecule has 0 saturated heterocycles. The molecule has 0 unspecified atom stereocenters. The van der Waals surface area contributed by atoms with E-state index >= 15 is 0 Å². The minimum absolute atomic E-state index is 0.446. The van der Waals surface area contributed by atoms with Gasteiger partial charge in [0.25, 0.3) is 0 Å². The number of hydrogen-bond acceptors (Lipinski definition) is 4. The molecule has 0 saturated carbocycles. The summed E-state index contributed by atoms with van der Waals surface area (Å²) in [4.78, 5) is 8.01. The van der Waals surface area contributed by atoms with Crippen LogP contribution in [-0.4, -0.2) is 16.6 Å². The molecule has 4 nitrogen and oxygen atoms in total. The molecule has 4 heteroatoms. The van der Waals surface area contributed by atoms with E-state index in [0.717, 1.165) is 11.4 Å². The van der Waals surface area contributed by atoms with Gasteiger partial charge in [-0.1, -0.05) is 0 Å². The predicted octanol–water partition coefficient (Wildman–Crippen LogP) is 0.472. The topological polar surface area (TPSA) is 61.0 Å². The van der Waals surface area contributed by atoms with Crippen LogP contribution in [0.1, 0.15) is 18.3 Å². The first-order valence-corrected chi connectivity index (χ1v) is 3.94. The van der Waals surface area contributed by atoms with Gasteiger partial charge >= 0.3 is 0 Å². The molecule has 0 radical (unpaired) electrons. The maximum Gasteiger partial charge on any atom is 0.116 e. The van der Waals surface area contributed by atoms with Crippen LogP contribution in [0.3, 0.4) is 0 Å². The molecular formula is C8H13N3O. The van der Waals surface area contributed by atoms with E-state index < -0.39 is 0 Å². The Hall–Kier alpha value is -1.00. The van der Waals surface area contributed by atoms with Crippen LogP contribution in [0.15, 0.2) is 12.4 Å². The molecule has 12 heavy (non-hydrogen) atoms. The predicted molar refractivity (Wildman–Crippen MR) is 45.3 cm³/mol. The SMILES string of the molecule is CCOCc1cc(CN)ncn1. The zero-order valence-corrected chi connectivity index (χ0v) is 7.16. The van der Waals surface area contributed by atoms with Crippen molar-refractivity contribution < 1.29 is 4.74 Å². The summed E-state index contributed by atoms with van der Waals surface area (Å²) >= 11 is 0. The van der Waals surface area contributed by atoms with Gasteiger partial charge in [-0.25, -0.2) is 9.97 Å². The number of ether oxygens (including phenoxy) is 1. The monoisotopic (exact) mass is 167 g/mol. The van der Waals surface area contributed by atoms with Gasteiger partial charge in [-0.15, -0.1) is 0 Å². The summed E-state index contributed by atoms with van der Waals surface area (Å²) in [5.74, 6) is 0. The molecule has 0 aliphatic heterocycles. The summed E-state index contributed by atoms with van der Waals surface area (Å²) in [6.07, 6.45) is 1.51. The maximum atomic E-state index is 5.42. The smallest absolute Gasteiger partial charge is 0.116 e. The zero-order valence-electron chi connectivity index (χ0n) is 7.16. The van der Waals surface area contributed by atoms with Crippen LogP contribution >= 0.6 is 0 Å². The first-order chi connectivity index (χ1) is 5.86. The van der Waals surface area contributed by atoms with E-state index in [1.54, 1.807) is 0 Å². The maximum absolute atomic E-state index is 5.42. The third kappa shape index (κ3) is 2.56. The fourth-order valence-corrected chi connectivity index (χ4v) is 0.841. The Labute approximate surface area is 71.8 Å². The quantitative estimate of drug-likeness (QED) is 0.708. The van der Waals surface area contributed by atoms with Gasteiger partial charge in [0, 0.05) is 13.2 Å². The van der Waals surface area contributed by atoms with Crippen molar-refractivity contribution in [2.75, 3.05) is 6.61 Å². The number of hydrogen-bond donors (Lipinski definition) is 1. The highest BCUT2D eigenvalue weighted by atomic mass is 16.5. The third-order valence-electron chi connectivity index (χ3n) is 1.44. The molecule has 0 aliphatic carbocycles. The number of rotatable bonds is 4. The first-order valence-electron chi connectivity index (χ1n) is 3.94. The van der Waals surface area contributed by atoms with E-state index in [2.05, 4.69) is 9.97 Å². The number of aromatic nitrogens is 2. The number of nitrogens with zero attached hydrogens (tertiary/aromatic N) is 2. The van der Waals surface area contributed by atoms with Crippen LogP contribution < -0.4 is 5.73 Å². The van der Waals surface area contributed by atoms with Crippen molar-refractivity contribution in [3.05, 3.63) is 23.8 Å². The molecule has 0 aliphatic rings. The lowest BCUT2D eigenvalue weighted by molar-refractivity contribution is 0.131. The second kappa shape index (κ2) is 4.79. The van der Waals surface area contributed by atoms with Crippen molar-refractivity contribution in [3.8, 4) is 0 Å². The van der Waals surface area contributed by atoms with Gasteiger partial charge in [-0.2, -0.15) is 0 Å². The minimum Gasteiger partial charge on any atom is -0.375 e. The average molecular weight is 167 g/mol. The van der Waals surface area contributed by atoms with Crippen LogP contribution in [0.2, 0.25) is 0 Å². The van der Waals surface area contributed by atoms with Crippen LogP contribution in [0.5, 0.6) is 0 Å². The standard InChI is InChI=1S/C8H13N3O/c1-2-12-5-8-3-7(4-9)10-6-11-8/h3,6H,2,4-5,9H2,1H3. The van der Waals surface area contributed by atoms with E-state index in [1.807, 2.05) is 13.0 Å². The summed E-state index contributed by atoms with van der Waals surface area (Å²) in [6.45, 7) is 3.63. The van der Waals surface area contributed by atoms with Gasteiger partial charge in [0.2, 0.25) is 0 Å². The lowest BCUT2D eigenvalue weighted by Crippen LogP contribution is -2.03. The summed E-state index contributed by atoms with van der Waals surface area (Å²) in [6, 6.07) is 1.86. The molecule has 1 heterocycles. The molecule has 0 spiro atoms. The van der Waals surface area contributed by atoms with Gasteiger partial charge in [0.05, 0.1) is 18.0 Å². The Morgan fingerprint density at radius 3 is 2.83 bits per heavy atom. The third-order valence-corrected chi connectivity index (χ3v) is 1.44. The van der Waals surface area contributed by atoms with Crippen molar-refractivity contribution >= 4 is 0 Å². The van der Waals surface area contributed by atoms with E-state index in [1.165, 1.54) is 6.33 Å². The molecule has 1 aromatic heterocycles. The molecule has 1 aromatic rings. The normalized spacial score (nSPS) is 10.2. The van der Waals surface area contributed by atoms with Gasteiger partial charge < -0.3 is 10.5 Å². The second-order valence-electron chi connectivity index (χ2n) is 2.34. The molecule has 0 aromatic carbocycles. The van der Waals surface area contributed by atoms with E-state index in [-0.39, 0.29) is 0 Å². The Balaban J connectivity index is 2.60. The van der Waals surface area contributed by atoms with Crippen molar-refractivity contribution in [2.45, 2.75) is 20.1 Å². The zero-order chi connectivity index (χ0) is 8.81. The molecule has 2 N–H and O–H groups in total. The molecule has 1 rings (SSSR count). The summed E-state index contributed by atoms with van der Waals surface area (Å²) in [7, 11) is 0. The summed E-state index contributed by atoms with van der Waals surface area (Å²) in [5, 5.41) is 0. The van der Waals surface area contributed by atoms with Crippen molar-refractivity contribution in [1.29, 1.82) is 0 Å². The fraction of sp³-hybridized carbons (Fsp3) is 0.500. The Bertz CT molecular complexity index is 239. The highest BCUT2D eigenvalue weighted by Gasteiger charge is 1.96. The van der Waals surface area contributed by atoms with Crippen molar-refractivity contribution in [2.24, 2.45) is 5.73 Å².